The highest BCUT2D eigenvalue weighted by atomic mass is 16.5. The maximum Gasteiger partial charge on any atom is 0.198 e. The van der Waals surface area contributed by atoms with Crippen LogP contribution in [0, 0.1) is 34.3 Å². The van der Waals surface area contributed by atoms with Gasteiger partial charge in [0.1, 0.15) is 6.04 Å². The molecule has 5 nitrogen and oxygen atoms in total. The summed E-state index contributed by atoms with van der Waals surface area (Å²) in [7, 11) is 0. The highest BCUT2D eigenvalue weighted by molar-refractivity contribution is 5.32. The van der Waals surface area contributed by atoms with Crippen LogP contribution >= 0.6 is 0 Å². The number of azo groups is 2. The summed E-state index contributed by atoms with van der Waals surface area (Å²) in [6.07, 6.45) is 3.71. The van der Waals surface area contributed by atoms with E-state index >= 15 is 0 Å². The molecule has 3 heterocycles. The lowest BCUT2D eigenvalue weighted by atomic mass is 9.58. The van der Waals surface area contributed by atoms with Gasteiger partial charge in [-0.1, -0.05) is 25.1 Å². The van der Waals surface area contributed by atoms with Gasteiger partial charge in [-0.25, -0.2) is 0 Å². The van der Waals surface area contributed by atoms with E-state index in [1.165, 1.54) is 19.3 Å². The van der Waals surface area contributed by atoms with Crippen LogP contribution in [-0.2, 0) is 0 Å². The van der Waals surface area contributed by atoms with Gasteiger partial charge in [-0.2, -0.15) is 10.2 Å². The van der Waals surface area contributed by atoms with Gasteiger partial charge in [0, 0.05) is 17.3 Å². The van der Waals surface area contributed by atoms with Gasteiger partial charge in [-0.05, 0) is 37.7 Å². The number of hydrogen-bond acceptors (Lipinski definition) is 4. The van der Waals surface area contributed by atoms with E-state index < -0.39 is 0 Å². The number of nitrogens with zero attached hydrogens (tertiary/aromatic N) is 4. The van der Waals surface area contributed by atoms with Gasteiger partial charge in [-0.15, -0.1) is 0 Å². The fourth-order valence-electron chi connectivity index (χ4n) is 6.79. The summed E-state index contributed by atoms with van der Waals surface area (Å²) in [4.78, 5) is 1.08. The van der Waals surface area contributed by atoms with Crippen LogP contribution in [0.4, 0.5) is 0 Å². The van der Waals surface area contributed by atoms with Crippen molar-refractivity contribution in [1.82, 2.24) is 0 Å². The van der Waals surface area contributed by atoms with Crippen molar-refractivity contribution in [2.75, 3.05) is 0 Å². The Hall–Kier alpha value is -1.00. The van der Waals surface area contributed by atoms with Gasteiger partial charge < -0.3 is 5.21 Å². The second-order valence-corrected chi connectivity index (χ2v) is 8.83. The minimum Gasteiger partial charge on any atom is -0.600 e. The van der Waals surface area contributed by atoms with Crippen molar-refractivity contribution >= 4 is 0 Å². The molecule has 0 saturated heterocycles. The molecule has 0 aromatic heterocycles. The third-order valence-corrected chi connectivity index (χ3v) is 8.42. The molecule has 8 atom stereocenters. The maximum atomic E-state index is 12.6. The van der Waals surface area contributed by atoms with Crippen LogP contribution in [0.25, 0.3) is 0 Å². The molecule has 0 amide bonds. The lowest BCUT2D eigenvalue weighted by Crippen LogP contribution is -2.63. The molecule has 5 heteroatoms. The quantitative estimate of drug-likeness (QED) is 0.498. The van der Waals surface area contributed by atoms with Crippen molar-refractivity contribution in [2.45, 2.75) is 70.1 Å². The Kier molecular flexibility index (Phi) is 1.90. The summed E-state index contributed by atoms with van der Waals surface area (Å²) in [5, 5.41) is 26.6. The summed E-state index contributed by atoms with van der Waals surface area (Å²) in [6, 6.07) is 0.216. The minimum absolute atomic E-state index is 0.00513. The van der Waals surface area contributed by atoms with Crippen LogP contribution < -0.4 is 0 Å². The van der Waals surface area contributed by atoms with E-state index in [2.05, 4.69) is 32.8 Å². The molecule has 0 N–H and O–H groups in total. The van der Waals surface area contributed by atoms with Crippen LogP contribution in [0.5, 0.6) is 0 Å². The standard InChI is InChI=1S/C16H24N4O/c1-14(2)15(3)10-11(16(14,4)19-18-15)13-9-7-5-6-8(9)12(10)17-20(13)21/h8-13H,5-7H2,1-4H3/t8-,9?,10?,11-,12?,13+,15?,16+/m1/s1. The van der Waals surface area contributed by atoms with Crippen molar-refractivity contribution in [1.29, 1.82) is 0 Å². The molecule has 4 bridgehead atoms. The van der Waals surface area contributed by atoms with Crippen LogP contribution in [0.1, 0.15) is 47.0 Å². The monoisotopic (exact) mass is 288 g/mol. The summed E-state index contributed by atoms with van der Waals surface area (Å²) < 4.78 is 0. The van der Waals surface area contributed by atoms with E-state index in [0.717, 1.165) is 4.86 Å². The van der Waals surface area contributed by atoms with Gasteiger partial charge in [0.05, 0.1) is 17.0 Å². The highest BCUT2D eigenvalue weighted by Crippen LogP contribution is 2.73. The molecule has 0 aromatic rings. The van der Waals surface area contributed by atoms with Gasteiger partial charge in [0.15, 0.2) is 6.04 Å². The Morgan fingerprint density at radius 2 is 1.57 bits per heavy atom. The van der Waals surface area contributed by atoms with Gasteiger partial charge in [0.2, 0.25) is 0 Å². The Balaban J connectivity index is 1.75. The average Bonchev–Trinajstić information content (AvgIpc) is 3.01. The first kappa shape index (κ1) is 12.5. The molecule has 0 aromatic carbocycles. The van der Waals surface area contributed by atoms with Crippen molar-refractivity contribution in [3.8, 4) is 0 Å². The third-order valence-electron chi connectivity index (χ3n) is 8.42. The fourth-order valence-corrected chi connectivity index (χ4v) is 6.79. The second kappa shape index (κ2) is 3.18. The minimum atomic E-state index is -0.207. The largest absolute Gasteiger partial charge is 0.600 e. The molecule has 4 unspecified atom stereocenters. The zero-order valence-corrected chi connectivity index (χ0v) is 13.3. The predicted octanol–water partition coefficient (Wildman–Crippen LogP) is 3.39. The van der Waals surface area contributed by atoms with Crippen LogP contribution in [0.15, 0.2) is 15.3 Å². The van der Waals surface area contributed by atoms with E-state index in [0.29, 0.717) is 23.7 Å². The van der Waals surface area contributed by atoms with E-state index in [4.69, 9.17) is 10.2 Å². The normalized spacial score (nSPS) is 61.8. The molecule has 6 aliphatic rings. The van der Waals surface area contributed by atoms with Crippen LogP contribution in [0.2, 0.25) is 0 Å². The maximum absolute atomic E-state index is 12.6. The summed E-state index contributed by atoms with van der Waals surface area (Å²) >= 11 is 0. The second-order valence-electron chi connectivity index (χ2n) is 8.83. The van der Waals surface area contributed by atoms with E-state index in [9.17, 15) is 5.21 Å². The first-order valence-electron chi connectivity index (χ1n) is 8.44. The van der Waals surface area contributed by atoms with Crippen molar-refractivity contribution < 1.29 is 4.86 Å². The van der Waals surface area contributed by atoms with E-state index in [-0.39, 0.29) is 28.6 Å². The molecule has 3 aliphatic heterocycles. The molecule has 3 fully saturated rings. The predicted molar refractivity (Wildman–Crippen MR) is 76.9 cm³/mol. The molecule has 6 rings (SSSR count). The molecule has 21 heavy (non-hydrogen) atoms. The Labute approximate surface area is 125 Å². The zero-order valence-electron chi connectivity index (χ0n) is 13.3. The average molecular weight is 288 g/mol. The summed E-state index contributed by atoms with van der Waals surface area (Å²) in [5.41, 5.74) is -0.361. The van der Waals surface area contributed by atoms with Crippen molar-refractivity contribution in [3.05, 3.63) is 5.21 Å². The summed E-state index contributed by atoms with van der Waals surface area (Å²) in [5.74, 6) is 1.89. The SMILES string of the molecule is CC12N=N[C@@](C)([C@@H]3C1C1N=[N+]([O-])[C@H]3C3CCC[C@@H]13)C2(C)C. The van der Waals surface area contributed by atoms with Gasteiger partial charge >= 0.3 is 0 Å². The topological polar surface area (TPSA) is 63.1 Å². The highest BCUT2D eigenvalue weighted by Gasteiger charge is 2.82. The zero-order chi connectivity index (χ0) is 14.8. The van der Waals surface area contributed by atoms with E-state index in [1.54, 1.807) is 0 Å². The smallest absolute Gasteiger partial charge is 0.198 e. The molecule has 3 aliphatic carbocycles. The molecular weight excluding hydrogens is 264 g/mol. The Bertz CT molecular complexity index is 599. The number of hydrogen-bond donors (Lipinski definition) is 0. The Morgan fingerprint density at radius 3 is 2.29 bits per heavy atom. The molecule has 114 valence electrons. The molecule has 3 saturated carbocycles. The molecular formula is C16H24N4O. The number of hydroxylamine groups is 1. The first-order chi connectivity index (χ1) is 9.83. The van der Waals surface area contributed by atoms with Crippen molar-refractivity contribution in [3.63, 3.8) is 0 Å². The lowest BCUT2D eigenvalue weighted by molar-refractivity contribution is -0.617. The Morgan fingerprint density at radius 1 is 0.952 bits per heavy atom. The molecule has 0 radical (unpaired) electrons. The van der Waals surface area contributed by atoms with Gasteiger partial charge in [0.25, 0.3) is 0 Å². The summed E-state index contributed by atoms with van der Waals surface area (Å²) in [6.45, 7) is 9.11. The van der Waals surface area contributed by atoms with Crippen LogP contribution in [0.3, 0.4) is 0 Å². The number of rotatable bonds is 0. The third kappa shape index (κ3) is 1.00. The lowest BCUT2D eigenvalue weighted by Gasteiger charge is -2.51. The first-order valence-corrected chi connectivity index (χ1v) is 8.44. The van der Waals surface area contributed by atoms with Crippen molar-refractivity contribution in [2.24, 2.45) is 44.4 Å². The van der Waals surface area contributed by atoms with Crippen LogP contribution in [-0.4, -0.2) is 28.0 Å². The van der Waals surface area contributed by atoms with Gasteiger partial charge in [-0.3, -0.25) is 0 Å². The van der Waals surface area contributed by atoms with E-state index in [1.807, 2.05) is 0 Å². The number of fused-ring (bicyclic) bond motifs is 2. The fraction of sp³-hybridized carbons (Fsp3) is 1.00. The molecule has 0 spiro atoms.